The van der Waals surface area contributed by atoms with Gasteiger partial charge in [0.25, 0.3) is 5.91 Å². The lowest BCUT2D eigenvalue weighted by molar-refractivity contribution is 0.0577. The molecule has 6 heteroatoms. The highest BCUT2D eigenvalue weighted by atomic mass is 32.1. The Labute approximate surface area is 123 Å². The molecule has 20 heavy (non-hydrogen) atoms. The third-order valence-electron chi connectivity index (χ3n) is 4.33. The lowest BCUT2D eigenvalue weighted by Crippen LogP contribution is -2.48. The Morgan fingerprint density at radius 2 is 2.20 bits per heavy atom. The number of hydrogen-bond donors (Lipinski definition) is 1. The van der Waals surface area contributed by atoms with E-state index in [2.05, 4.69) is 40.6 Å². The van der Waals surface area contributed by atoms with E-state index >= 15 is 0 Å². The summed E-state index contributed by atoms with van der Waals surface area (Å²) >= 11 is 1.24. The fraction of sp³-hybridized carbons (Fsp3) is 0.786. The normalized spacial score (nSPS) is 26.6. The van der Waals surface area contributed by atoms with E-state index in [1.807, 2.05) is 0 Å². The molecule has 2 aliphatic rings. The van der Waals surface area contributed by atoms with Crippen LogP contribution in [0.15, 0.2) is 0 Å². The highest BCUT2D eigenvalue weighted by Gasteiger charge is 2.39. The van der Waals surface area contributed by atoms with Gasteiger partial charge in [-0.05, 0) is 30.3 Å². The van der Waals surface area contributed by atoms with Gasteiger partial charge in [-0.2, -0.15) is 0 Å². The second kappa shape index (κ2) is 5.07. The molecule has 2 unspecified atom stereocenters. The number of likely N-dealkylation sites (tertiary alicyclic amines) is 1. The summed E-state index contributed by atoms with van der Waals surface area (Å²) in [5.74, 6) is 0.745. The maximum atomic E-state index is 12.9. The molecule has 0 bridgehead atoms. The molecule has 0 radical (unpaired) electrons. The van der Waals surface area contributed by atoms with Gasteiger partial charge in [-0.1, -0.05) is 25.3 Å². The van der Waals surface area contributed by atoms with Crippen molar-refractivity contribution in [3.05, 3.63) is 10.6 Å². The first-order valence-electron chi connectivity index (χ1n) is 7.33. The van der Waals surface area contributed by atoms with E-state index in [1.165, 1.54) is 18.0 Å². The van der Waals surface area contributed by atoms with Crippen LogP contribution in [0.5, 0.6) is 0 Å². The number of nitrogens with zero attached hydrogens (tertiary/aromatic N) is 3. The van der Waals surface area contributed by atoms with E-state index in [0.717, 1.165) is 36.6 Å². The van der Waals surface area contributed by atoms with E-state index in [9.17, 15) is 4.79 Å². The van der Waals surface area contributed by atoms with E-state index in [1.54, 1.807) is 0 Å². The summed E-state index contributed by atoms with van der Waals surface area (Å²) in [4.78, 5) is 15.7. The summed E-state index contributed by atoms with van der Waals surface area (Å²) in [5, 5.41) is 7.61. The molecule has 2 atom stereocenters. The van der Waals surface area contributed by atoms with Crippen molar-refractivity contribution < 1.29 is 4.79 Å². The van der Waals surface area contributed by atoms with Gasteiger partial charge < -0.3 is 10.2 Å². The molecule has 1 N–H and O–H groups in total. The zero-order valence-electron chi connectivity index (χ0n) is 12.3. The number of rotatable bonds is 1. The predicted molar refractivity (Wildman–Crippen MR) is 79.0 cm³/mol. The maximum Gasteiger partial charge on any atom is 0.267 e. The van der Waals surface area contributed by atoms with Crippen molar-refractivity contribution in [2.75, 3.05) is 19.6 Å². The summed E-state index contributed by atoms with van der Waals surface area (Å²) in [7, 11) is 0. The summed E-state index contributed by atoms with van der Waals surface area (Å²) in [6.45, 7) is 9.07. The maximum absolute atomic E-state index is 12.9. The third-order valence-corrected chi connectivity index (χ3v) is 5.05. The highest BCUT2D eigenvalue weighted by molar-refractivity contribution is 7.08. The molecule has 1 amide bonds. The molecule has 0 saturated carbocycles. The first kappa shape index (κ1) is 13.9. The van der Waals surface area contributed by atoms with Crippen LogP contribution >= 0.6 is 11.5 Å². The van der Waals surface area contributed by atoms with Crippen LogP contribution in [0.3, 0.4) is 0 Å². The van der Waals surface area contributed by atoms with Gasteiger partial charge in [-0.15, -0.1) is 5.10 Å². The standard InChI is InChI=1S/C14H22N4OS/c1-14(2,3)12-11(20-17-16-12)13(19)18-6-4-5-9-7-15-8-10(9)18/h9-10,15H,4-8H2,1-3H3. The quantitative estimate of drug-likeness (QED) is 0.856. The van der Waals surface area contributed by atoms with E-state index < -0.39 is 0 Å². The van der Waals surface area contributed by atoms with Crippen LogP contribution in [-0.2, 0) is 5.41 Å². The van der Waals surface area contributed by atoms with Gasteiger partial charge >= 0.3 is 0 Å². The number of amides is 1. The molecule has 2 saturated heterocycles. The van der Waals surface area contributed by atoms with Crippen molar-refractivity contribution in [1.82, 2.24) is 19.8 Å². The molecule has 0 spiro atoms. The predicted octanol–water partition coefficient (Wildman–Crippen LogP) is 1.66. The summed E-state index contributed by atoms with van der Waals surface area (Å²) in [6, 6.07) is 0.353. The van der Waals surface area contributed by atoms with Gasteiger partial charge in [-0.3, -0.25) is 4.79 Å². The number of aromatic nitrogens is 2. The number of nitrogens with one attached hydrogen (secondary N) is 1. The topological polar surface area (TPSA) is 58.1 Å². The second-order valence-electron chi connectivity index (χ2n) is 6.83. The number of piperidine rings is 1. The molecule has 3 heterocycles. The molecular formula is C14H22N4OS. The Balaban J connectivity index is 1.87. The fourth-order valence-electron chi connectivity index (χ4n) is 3.27. The van der Waals surface area contributed by atoms with Gasteiger partial charge in [0.2, 0.25) is 0 Å². The van der Waals surface area contributed by atoms with Gasteiger partial charge in [-0.25, -0.2) is 0 Å². The van der Waals surface area contributed by atoms with E-state index in [4.69, 9.17) is 0 Å². The molecule has 2 fully saturated rings. The monoisotopic (exact) mass is 294 g/mol. The smallest absolute Gasteiger partial charge is 0.267 e. The van der Waals surface area contributed by atoms with E-state index in [-0.39, 0.29) is 11.3 Å². The summed E-state index contributed by atoms with van der Waals surface area (Å²) < 4.78 is 4.02. The third kappa shape index (κ3) is 2.35. The number of fused-ring (bicyclic) bond motifs is 1. The molecule has 5 nitrogen and oxygen atoms in total. The number of carbonyl (C=O) groups is 1. The molecule has 1 aromatic heterocycles. The highest BCUT2D eigenvalue weighted by Crippen LogP contribution is 2.31. The lowest BCUT2D eigenvalue weighted by atomic mass is 9.89. The van der Waals surface area contributed by atoms with Crippen molar-refractivity contribution in [1.29, 1.82) is 0 Å². The Hall–Kier alpha value is -1.01. The van der Waals surface area contributed by atoms with E-state index in [0.29, 0.717) is 12.0 Å². The van der Waals surface area contributed by atoms with Crippen LogP contribution in [-0.4, -0.2) is 46.1 Å². The Kier molecular flexibility index (Phi) is 3.54. The van der Waals surface area contributed by atoms with Crippen molar-refractivity contribution in [2.45, 2.75) is 45.1 Å². The van der Waals surface area contributed by atoms with Crippen LogP contribution in [0.25, 0.3) is 0 Å². The number of carbonyl (C=O) groups excluding carboxylic acids is 1. The van der Waals surface area contributed by atoms with Crippen molar-refractivity contribution >= 4 is 17.4 Å². The van der Waals surface area contributed by atoms with Crippen LogP contribution in [0, 0.1) is 5.92 Å². The van der Waals surface area contributed by atoms with Gasteiger partial charge in [0.15, 0.2) is 0 Å². The summed E-state index contributed by atoms with van der Waals surface area (Å²) in [6.07, 6.45) is 2.33. The molecule has 0 aromatic carbocycles. The first-order chi connectivity index (χ1) is 9.48. The van der Waals surface area contributed by atoms with Crippen molar-refractivity contribution in [2.24, 2.45) is 5.92 Å². The van der Waals surface area contributed by atoms with Crippen molar-refractivity contribution in [3.8, 4) is 0 Å². The fourth-order valence-corrected chi connectivity index (χ4v) is 4.11. The minimum absolute atomic E-state index is 0.128. The lowest BCUT2D eigenvalue weighted by Gasteiger charge is -2.37. The van der Waals surface area contributed by atoms with Crippen LogP contribution in [0.2, 0.25) is 0 Å². The van der Waals surface area contributed by atoms with Gasteiger partial charge in [0.1, 0.15) is 4.88 Å². The summed E-state index contributed by atoms with van der Waals surface area (Å²) in [5.41, 5.74) is 0.696. The minimum atomic E-state index is -0.138. The molecule has 2 aliphatic heterocycles. The largest absolute Gasteiger partial charge is 0.333 e. The Morgan fingerprint density at radius 1 is 1.40 bits per heavy atom. The minimum Gasteiger partial charge on any atom is -0.333 e. The van der Waals surface area contributed by atoms with Crippen LogP contribution < -0.4 is 5.32 Å². The van der Waals surface area contributed by atoms with Crippen LogP contribution in [0.1, 0.15) is 49.0 Å². The zero-order valence-corrected chi connectivity index (χ0v) is 13.2. The Bertz CT molecular complexity index is 508. The second-order valence-corrected chi connectivity index (χ2v) is 7.58. The SMILES string of the molecule is CC(C)(C)c1nnsc1C(=O)N1CCCC2CNCC21. The molecule has 110 valence electrons. The molecular weight excluding hydrogens is 272 g/mol. The Morgan fingerprint density at radius 3 is 2.95 bits per heavy atom. The van der Waals surface area contributed by atoms with Crippen LogP contribution in [0.4, 0.5) is 0 Å². The van der Waals surface area contributed by atoms with Gasteiger partial charge in [0.05, 0.1) is 5.69 Å². The average molecular weight is 294 g/mol. The zero-order chi connectivity index (χ0) is 14.3. The molecule has 0 aliphatic carbocycles. The molecule has 3 rings (SSSR count). The first-order valence-corrected chi connectivity index (χ1v) is 8.10. The average Bonchev–Trinajstić information content (AvgIpc) is 3.05. The van der Waals surface area contributed by atoms with Gasteiger partial charge in [0, 0.05) is 31.1 Å². The van der Waals surface area contributed by atoms with Crippen molar-refractivity contribution in [3.63, 3.8) is 0 Å². The number of hydrogen-bond acceptors (Lipinski definition) is 5. The molecule has 1 aromatic rings.